The molecule has 1 aromatic carbocycles. The van der Waals surface area contributed by atoms with Gasteiger partial charge in [0.15, 0.2) is 11.4 Å². The highest BCUT2D eigenvalue weighted by Gasteiger charge is 2.20. The summed E-state index contributed by atoms with van der Waals surface area (Å²) in [5.41, 5.74) is 0.474. The van der Waals surface area contributed by atoms with Crippen molar-refractivity contribution in [2.24, 2.45) is 0 Å². The largest absolute Gasteiger partial charge is 0.505 e. The maximum Gasteiger partial charge on any atom is 0.275 e. The lowest BCUT2D eigenvalue weighted by Crippen LogP contribution is -2.23. The molecule has 2 N–H and O–H groups in total. The molecule has 0 spiro atoms. The molecule has 122 valence electrons. The van der Waals surface area contributed by atoms with E-state index in [9.17, 15) is 19.4 Å². The van der Waals surface area contributed by atoms with Crippen LogP contribution in [0, 0.1) is 5.82 Å². The van der Waals surface area contributed by atoms with Crippen molar-refractivity contribution in [3.63, 3.8) is 0 Å². The third-order valence-electron chi connectivity index (χ3n) is 3.22. The summed E-state index contributed by atoms with van der Waals surface area (Å²) in [5, 5.41) is 19.6. The Morgan fingerprint density at radius 1 is 1.30 bits per heavy atom. The number of amides is 1. The number of rotatable bonds is 5. The molecule has 0 unspecified atom stereocenters. The standard InChI is InChI=1S/C16H17FN2O4/c1-19(2)16(22)14-15(21)13(8-20)10(7-18-14)9-23-12-5-3-11(17)4-6-12/h3-7,20-21H,8-9H2,1-2H3. The van der Waals surface area contributed by atoms with E-state index in [1.54, 1.807) is 0 Å². The van der Waals surface area contributed by atoms with Crippen LogP contribution in [0.25, 0.3) is 0 Å². The van der Waals surface area contributed by atoms with Crippen molar-refractivity contribution in [2.75, 3.05) is 14.1 Å². The monoisotopic (exact) mass is 320 g/mol. The molecule has 0 fully saturated rings. The van der Waals surface area contributed by atoms with Gasteiger partial charge in [-0.05, 0) is 24.3 Å². The van der Waals surface area contributed by atoms with Crippen LogP contribution in [0.1, 0.15) is 21.6 Å². The Morgan fingerprint density at radius 3 is 2.52 bits per heavy atom. The van der Waals surface area contributed by atoms with Gasteiger partial charge in [-0.25, -0.2) is 9.37 Å². The molecule has 2 rings (SSSR count). The summed E-state index contributed by atoms with van der Waals surface area (Å²) in [6.45, 7) is -0.456. The fraction of sp³-hybridized carbons (Fsp3) is 0.250. The van der Waals surface area contributed by atoms with Gasteiger partial charge in [0, 0.05) is 31.4 Å². The summed E-state index contributed by atoms with van der Waals surface area (Å²) in [6, 6.07) is 5.45. The zero-order valence-corrected chi connectivity index (χ0v) is 12.8. The highest BCUT2D eigenvalue weighted by atomic mass is 19.1. The topological polar surface area (TPSA) is 82.9 Å². The number of aromatic hydroxyl groups is 1. The SMILES string of the molecule is CN(C)C(=O)c1ncc(COc2ccc(F)cc2)c(CO)c1O. The molecule has 0 radical (unpaired) electrons. The zero-order valence-electron chi connectivity index (χ0n) is 12.8. The Kier molecular flexibility index (Phi) is 5.13. The first-order chi connectivity index (χ1) is 10.9. The van der Waals surface area contributed by atoms with E-state index in [1.165, 1.54) is 49.5 Å². The highest BCUT2D eigenvalue weighted by molar-refractivity contribution is 5.95. The van der Waals surface area contributed by atoms with Crippen molar-refractivity contribution in [1.29, 1.82) is 0 Å². The first-order valence-corrected chi connectivity index (χ1v) is 6.84. The molecule has 1 amide bonds. The summed E-state index contributed by atoms with van der Waals surface area (Å²) >= 11 is 0. The van der Waals surface area contributed by atoms with Gasteiger partial charge in [0.2, 0.25) is 0 Å². The van der Waals surface area contributed by atoms with E-state index in [0.717, 1.165) is 0 Å². The van der Waals surface area contributed by atoms with Gasteiger partial charge >= 0.3 is 0 Å². The third kappa shape index (κ3) is 3.75. The summed E-state index contributed by atoms with van der Waals surface area (Å²) < 4.78 is 18.3. The number of aliphatic hydroxyl groups excluding tert-OH is 1. The average molecular weight is 320 g/mol. The van der Waals surface area contributed by atoms with Gasteiger partial charge in [-0.3, -0.25) is 4.79 Å². The molecule has 1 aromatic heterocycles. The molecule has 0 atom stereocenters. The molecule has 0 aliphatic carbocycles. The maximum atomic E-state index is 12.8. The van der Waals surface area contributed by atoms with Crippen LogP contribution < -0.4 is 4.74 Å². The average Bonchev–Trinajstić information content (AvgIpc) is 2.53. The van der Waals surface area contributed by atoms with Crippen LogP contribution in [0.4, 0.5) is 4.39 Å². The van der Waals surface area contributed by atoms with E-state index < -0.39 is 12.5 Å². The summed E-state index contributed by atoms with van der Waals surface area (Å²) in [7, 11) is 3.07. The summed E-state index contributed by atoms with van der Waals surface area (Å²) in [4.78, 5) is 17.1. The van der Waals surface area contributed by atoms with Crippen molar-refractivity contribution in [2.45, 2.75) is 13.2 Å². The molecule has 0 saturated carbocycles. The molecular formula is C16H17FN2O4. The van der Waals surface area contributed by atoms with E-state index in [1.807, 2.05) is 0 Å². The number of hydrogen-bond acceptors (Lipinski definition) is 5. The number of nitrogens with zero attached hydrogens (tertiary/aromatic N) is 2. The number of hydrogen-bond donors (Lipinski definition) is 2. The lowest BCUT2D eigenvalue weighted by atomic mass is 10.1. The number of benzene rings is 1. The quantitative estimate of drug-likeness (QED) is 0.876. The van der Waals surface area contributed by atoms with Crippen LogP contribution >= 0.6 is 0 Å². The Labute approximate surface area is 132 Å². The van der Waals surface area contributed by atoms with Crippen LogP contribution in [0.15, 0.2) is 30.5 Å². The summed E-state index contributed by atoms with van der Waals surface area (Å²) in [6.07, 6.45) is 1.37. The van der Waals surface area contributed by atoms with Crippen molar-refractivity contribution >= 4 is 5.91 Å². The van der Waals surface area contributed by atoms with Gasteiger partial charge in [-0.1, -0.05) is 0 Å². The zero-order chi connectivity index (χ0) is 17.0. The molecule has 0 bridgehead atoms. The third-order valence-corrected chi connectivity index (χ3v) is 3.22. The molecule has 0 aliphatic rings. The minimum absolute atomic E-state index is 0.0124. The van der Waals surface area contributed by atoms with Gasteiger partial charge in [-0.15, -0.1) is 0 Å². The minimum atomic E-state index is -0.469. The summed E-state index contributed by atoms with van der Waals surface area (Å²) in [5.74, 6) is -0.780. The molecule has 2 aromatic rings. The second kappa shape index (κ2) is 7.06. The van der Waals surface area contributed by atoms with Crippen LogP contribution in [-0.2, 0) is 13.2 Å². The van der Waals surface area contributed by atoms with Gasteiger partial charge in [-0.2, -0.15) is 0 Å². The number of aromatic nitrogens is 1. The number of carbonyl (C=O) groups excluding carboxylic acids is 1. The molecule has 0 saturated heterocycles. The number of pyridine rings is 1. The van der Waals surface area contributed by atoms with Crippen LogP contribution in [-0.4, -0.2) is 40.1 Å². The predicted molar refractivity (Wildman–Crippen MR) is 80.6 cm³/mol. The van der Waals surface area contributed by atoms with Gasteiger partial charge in [0.25, 0.3) is 5.91 Å². The van der Waals surface area contributed by atoms with E-state index in [-0.39, 0.29) is 29.4 Å². The van der Waals surface area contributed by atoms with Crippen molar-refractivity contribution in [3.8, 4) is 11.5 Å². The highest BCUT2D eigenvalue weighted by Crippen LogP contribution is 2.26. The lowest BCUT2D eigenvalue weighted by molar-refractivity contribution is 0.0818. The molecule has 6 nitrogen and oxygen atoms in total. The van der Waals surface area contributed by atoms with E-state index in [2.05, 4.69) is 4.98 Å². The Balaban J connectivity index is 2.24. The minimum Gasteiger partial charge on any atom is -0.505 e. The molecule has 1 heterocycles. The number of aliphatic hydroxyl groups is 1. The van der Waals surface area contributed by atoms with Crippen LogP contribution in [0.2, 0.25) is 0 Å². The maximum absolute atomic E-state index is 12.8. The first kappa shape index (κ1) is 16.7. The van der Waals surface area contributed by atoms with E-state index in [4.69, 9.17) is 4.74 Å². The Hall–Kier alpha value is -2.67. The molecular weight excluding hydrogens is 303 g/mol. The molecule has 0 aliphatic heterocycles. The number of halogens is 1. The van der Waals surface area contributed by atoms with Crippen molar-refractivity contribution in [1.82, 2.24) is 9.88 Å². The first-order valence-electron chi connectivity index (χ1n) is 6.84. The van der Waals surface area contributed by atoms with Gasteiger partial charge < -0.3 is 19.8 Å². The normalized spacial score (nSPS) is 10.4. The van der Waals surface area contributed by atoms with Gasteiger partial charge in [0.1, 0.15) is 18.2 Å². The fourth-order valence-electron chi connectivity index (χ4n) is 1.94. The predicted octanol–water partition coefficient (Wildman–Crippen LogP) is 1.70. The molecule has 23 heavy (non-hydrogen) atoms. The van der Waals surface area contributed by atoms with E-state index >= 15 is 0 Å². The van der Waals surface area contributed by atoms with Crippen molar-refractivity contribution < 1.29 is 24.1 Å². The lowest BCUT2D eigenvalue weighted by Gasteiger charge is -2.15. The van der Waals surface area contributed by atoms with Crippen LogP contribution in [0.5, 0.6) is 11.5 Å². The smallest absolute Gasteiger partial charge is 0.275 e. The van der Waals surface area contributed by atoms with E-state index in [0.29, 0.717) is 11.3 Å². The number of ether oxygens (including phenoxy) is 1. The number of carbonyl (C=O) groups is 1. The second-order valence-corrected chi connectivity index (χ2v) is 5.06. The second-order valence-electron chi connectivity index (χ2n) is 5.06. The van der Waals surface area contributed by atoms with Gasteiger partial charge in [0.05, 0.1) is 6.61 Å². The van der Waals surface area contributed by atoms with Crippen LogP contribution in [0.3, 0.4) is 0 Å². The Morgan fingerprint density at radius 2 is 1.96 bits per heavy atom. The Bertz CT molecular complexity index is 702. The fourth-order valence-corrected chi connectivity index (χ4v) is 1.94. The molecule has 7 heteroatoms. The van der Waals surface area contributed by atoms with Crippen molar-refractivity contribution in [3.05, 3.63) is 53.1 Å².